The topological polar surface area (TPSA) is 29.1 Å². The quantitative estimate of drug-likeness (QED) is 0.883. The van der Waals surface area contributed by atoms with E-state index < -0.39 is 5.54 Å². The molecule has 0 heterocycles. The fraction of sp³-hybridized carbons (Fsp3) is 0.462. The fourth-order valence-corrected chi connectivity index (χ4v) is 2.52. The van der Waals surface area contributed by atoms with E-state index in [2.05, 4.69) is 5.32 Å². The van der Waals surface area contributed by atoms with Gasteiger partial charge in [-0.15, -0.1) is 12.4 Å². The van der Waals surface area contributed by atoms with E-state index in [4.69, 9.17) is 0 Å². The first kappa shape index (κ1) is 14.1. The number of rotatable bonds is 2. The molecule has 1 fully saturated rings. The summed E-state index contributed by atoms with van der Waals surface area (Å²) in [5.41, 5.74) is -0.314. The summed E-state index contributed by atoms with van der Waals surface area (Å²) in [6, 6.07) is 6.54. The number of halogens is 2. The highest BCUT2D eigenvalue weighted by Crippen LogP contribution is 2.35. The number of nitrogens with one attached hydrogen (secondary N) is 1. The van der Waals surface area contributed by atoms with Gasteiger partial charge in [0.25, 0.3) is 0 Å². The van der Waals surface area contributed by atoms with E-state index in [1.165, 1.54) is 6.07 Å². The molecule has 0 aromatic heterocycles. The Morgan fingerprint density at radius 1 is 1.29 bits per heavy atom. The molecule has 1 saturated carbocycles. The average Bonchev–Trinajstić information content (AvgIpc) is 2.31. The smallest absolute Gasteiger partial charge is 0.157 e. The van der Waals surface area contributed by atoms with E-state index in [0.717, 1.165) is 12.8 Å². The molecule has 0 saturated heterocycles. The molecule has 94 valence electrons. The summed E-state index contributed by atoms with van der Waals surface area (Å²) in [5, 5.41) is 3.03. The molecule has 2 rings (SSSR count). The molecule has 1 N–H and O–H groups in total. The van der Waals surface area contributed by atoms with Crippen LogP contribution in [0.3, 0.4) is 0 Å². The number of likely N-dealkylation sites (N-methyl/N-ethyl adjacent to an activating group) is 1. The summed E-state index contributed by atoms with van der Waals surface area (Å²) in [6.07, 6.45) is 3.09. The first-order valence-electron chi connectivity index (χ1n) is 5.68. The lowest BCUT2D eigenvalue weighted by Crippen LogP contribution is -2.49. The first-order valence-corrected chi connectivity index (χ1v) is 5.68. The predicted molar refractivity (Wildman–Crippen MR) is 67.9 cm³/mol. The first-order chi connectivity index (χ1) is 7.70. The molecule has 0 amide bonds. The monoisotopic (exact) mass is 257 g/mol. The van der Waals surface area contributed by atoms with Crippen molar-refractivity contribution in [3.8, 4) is 0 Å². The zero-order valence-corrected chi connectivity index (χ0v) is 10.6. The van der Waals surface area contributed by atoms with Crippen LogP contribution in [0.15, 0.2) is 24.3 Å². The number of hydrogen-bond donors (Lipinski definition) is 1. The highest BCUT2D eigenvalue weighted by atomic mass is 35.5. The second kappa shape index (κ2) is 5.61. The number of Topliss-reactive ketones (excluding diaryl/α,β-unsaturated/α-hetero) is 1. The van der Waals surface area contributed by atoms with Gasteiger partial charge in [0.1, 0.15) is 11.4 Å². The van der Waals surface area contributed by atoms with E-state index in [1.54, 1.807) is 25.2 Å². The highest BCUT2D eigenvalue weighted by Gasteiger charge is 2.41. The lowest BCUT2D eigenvalue weighted by Gasteiger charge is -2.36. The molecule has 1 aliphatic carbocycles. The van der Waals surface area contributed by atoms with Gasteiger partial charge in [0.2, 0.25) is 0 Å². The van der Waals surface area contributed by atoms with Gasteiger partial charge in [-0.2, -0.15) is 0 Å². The van der Waals surface area contributed by atoms with Crippen molar-refractivity contribution in [2.45, 2.75) is 31.2 Å². The Labute approximate surface area is 107 Å². The van der Waals surface area contributed by atoms with Gasteiger partial charge >= 0.3 is 0 Å². The third-order valence-corrected chi connectivity index (χ3v) is 3.44. The Hall–Kier alpha value is -0.930. The van der Waals surface area contributed by atoms with Crippen molar-refractivity contribution in [1.29, 1.82) is 0 Å². The summed E-state index contributed by atoms with van der Waals surface area (Å²) in [4.78, 5) is 12.1. The van der Waals surface area contributed by atoms with Crippen molar-refractivity contribution in [3.63, 3.8) is 0 Å². The lowest BCUT2D eigenvalue weighted by atomic mass is 9.75. The van der Waals surface area contributed by atoms with Gasteiger partial charge in [0.15, 0.2) is 5.78 Å². The lowest BCUT2D eigenvalue weighted by molar-refractivity contribution is -0.127. The van der Waals surface area contributed by atoms with Crippen molar-refractivity contribution in [1.82, 2.24) is 5.32 Å². The van der Waals surface area contributed by atoms with E-state index in [0.29, 0.717) is 18.4 Å². The van der Waals surface area contributed by atoms with Crippen LogP contribution < -0.4 is 5.32 Å². The molecule has 1 aliphatic rings. The van der Waals surface area contributed by atoms with Crippen LogP contribution >= 0.6 is 12.4 Å². The predicted octanol–water partition coefficient (Wildman–Crippen LogP) is 2.81. The van der Waals surface area contributed by atoms with E-state index in [9.17, 15) is 9.18 Å². The van der Waals surface area contributed by atoms with Gasteiger partial charge in [0, 0.05) is 12.0 Å². The van der Waals surface area contributed by atoms with Crippen molar-refractivity contribution in [2.24, 2.45) is 0 Å². The van der Waals surface area contributed by atoms with Gasteiger partial charge < -0.3 is 5.32 Å². The zero-order valence-electron chi connectivity index (χ0n) is 9.83. The highest BCUT2D eigenvalue weighted by molar-refractivity contribution is 5.90. The molecular formula is C13H17ClFNO. The largest absolute Gasteiger partial charge is 0.304 e. The third-order valence-electron chi connectivity index (χ3n) is 3.44. The van der Waals surface area contributed by atoms with Gasteiger partial charge in [-0.25, -0.2) is 4.39 Å². The van der Waals surface area contributed by atoms with Crippen molar-refractivity contribution in [3.05, 3.63) is 35.6 Å². The summed E-state index contributed by atoms with van der Waals surface area (Å²) in [7, 11) is 1.73. The summed E-state index contributed by atoms with van der Waals surface area (Å²) >= 11 is 0. The maximum absolute atomic E-state index is 13.8. The average molecular weight is 258 g/mol. The van der Waals surface area contributed by atoms with Crippen LogP contribution in [-0.4, -0.2) is 12.8 Å². The second-order valence-electron chi connectivity index (χ2n) is 4.27. The Bertz CT molecular complexity index is 410. The normalized spacial score (nSPS) is 24.2. The number of carbonyl (C=O) groups excluding carboxylic acids is 1. The van der Waals surface area contributed by atoms with E-state index >= 15 is 0 Å². The van der Waals surface area contributed by atoms with Crippen LogP contribution in [0, 0.1) is 5.82 Å². The Balaban J connectivity index is 0.00000144. The molecule has 1 aromatic rings. The van der Waals surface area contributed by atoms with Crippen LogP contribution in [0.2, 0.25) is 0 Å². The third kappa shape index (κ3) is 2.35. The zero-order chi connectivity index (χ0) is 11.6. The molecule has 0 spiro atoms. The summed E-state index contributed by atoms with van der Waals surface area (Å²) in [5.74, 6) is -0.196. The second-order valence-corrected chi connectivity index (χ2v) is 4.27. The van der Waals surface area contributed by atoms with Crippen LogP contribution in [-0.2, 0) is 10.3 Å². The number of ketones is 1. The molecular weight excluding hydrogens is 241 g/mol. The summed E-state index contributed by atoms with van der Waals surface area (Å²) < 4.78 is 13.8. The molecule has 17 heavy (non-hydrogen) atoms. The molecule has 1 atom stereocenters. The minimum atomic E-state index is -0.802. The molecule has 0 radical (unpaired) electrons. The summed E-state index contributed by atoms with van der Waals surface area (Å²) in [6.45, 7) is 0. The fourth-order valence-electron chi connectivity index (χ4n) is 2.52. The van der Waals surface area contributed by atoms with Crippen molar-refractivity contribution in [2.75, 3.05) is 7.05 Å². The maximum Gasteiger partial charge on any atom is 0.157 e. The Morgan fingerprint density at radius 3 is 2.59 bits per heavy atom. The molecule has 1 unspecified atom stereocenters. The maximum atomic E-state index is 13.8. The molecule has 1 aromatic carbocycles. The number of carbonyl (C=O) groups is 1. The Morgan fingerprint density at radius 2 is 2.00 bits per heavy atom. The van der Waals surface area contributed by atoms with Gasteiger partial charge in [-0.1, -0.05) is 24.6 Å². The number of benzene rings is 1. The van der Waals surface area contributed by atoms with Crippen molar-refractivity contribution >= 4 is 18.2 Å². The van der Waals surface area contributed by atoms with E-state index in [1.807, 2.05) is 0 Å². The van der Waals surface area contributed by atoms with Crippen LogP contribution in [0.1, 0.15) is 31.2 Å². The van der Waals surface area contributed by atoms with Gasteiger partial charge in [0.05, 0.1) is 0 Å². The van der Waals surface area contributed by atoms with Gasteiger partial charge in [-0.3, -0.25) is 4.79 Å². The molecule has 2 nitrogen and oxygen atoms in total. The Kier molecular flexibility index (Phi) is 4.66. The SMILES string of the molecule is CNC1(c2ccccc2F)CCCCC1=O.Cl. The minimum absolute atomic E-state index is 0. The van der Waals surface area contributed by atoms with Crippen molar-refractivity contribution < 1.29 is 9.18 Å². The van der Waals surface area contributed by atoms with Crippen LogP contribution in [0.4, 0.5) is 4.39 Å². The minimum Gasteiger partial charge on any atom is -0.304 e. The molecule has 0 aliphatic heterocycles. The van der Waals surface area contributed by atoms with Gasteiger partial charge in [-0.05, 0) is 26.0 Å². The standard InChI is InChI=1S/C13H16FNO.ClH/c1-15-13(9-5-4-8-12(13)16)10-6-2-3-7-11(10)14;/h2-3,6-7,15H,4-5,8-9H2,1H3;1H. The molecule has 4 heteroatoms. The van der Waals surface area contributed by atoms with Crippen LogP contribution in [0.5, 0.6) is 0 Å². The number of hydrogen-bond acceptors (Lipinski definition) is 2. The van der Waals surface area contributed by atoms with E-state index in [-0.39, 0.29) is 24.0 Å². The van der Waals surface area contributed by atoms with Crippen LogP contribution in [0.25, 0.3) is 0 Å². The molecule has 0 bridgehead atoms.